The quantitative estimate of drug-likeness (QED) is 0.609. The highest BCUT2D eigenvalue weighted by Crippen LogP contribution is 2.27. The molecule has 0 amide bonds. The largest absolute Gasteiger partial charge is 0.351 e. The number of halogens is 2. The molecule has 1 aromatic carbocycles. The van der Waals surface area contributed by atoms with Gasteiger partial charge in [0.25, 0.3) is 0 Å². The van der Waals surface area contributed by atoms with Gasteiger partial charge in [0.1, 0.15) is 0 Å². The van der Waals surface area contributed by atoms with Crippen molar-refractivity contribution in [3.63, 3.8) is 0 Å². The molecular weight excluding hydrogens is 381 g/mol. The van der Waals surface area contributed by atoms with Gasteiger partial charge in [-0.2, -0.15) is 5.10 Å². The Morgan fingerprint density at radius 2 is 1.81 bits per heavy atom. The first-order chi connectivity index (χ1) is 13.1. The Balaban J connectivity index is 1.62. The van der Waals surface area contributed by atoms with Crippen LogP contribution < -0.4 is 5.32 Å². The number of rotatable bonds is 4. The molecule has 2 heterocycles. The molecule has 3 aromatic rings. The molecule has 0 unspecified atom stereocenters. The van der Waals surface area contributed by atoms with Crippen molar-refractivity contribution in [3.05, 3.63) is 52.4 Å². The van der Waals surface area contributed by atoms with Crippen LogP contribution >= 0.6 is 23.2 Å². The van der Waals surface area contributed by atoms with Gasteiger partial charge in [-0.1, -0.05) is 42.5 Å². The van der Waals surface area contributed by atoms with Gasteiger partial charge in [0.05, 0.1) is 17.1 Å². The summed E-state index contributed by atoms with van der Waals surface area (Å²) in [4.78, 5) is 9.10. The van der Waals surface area contributed by atoms with Crippen LogP contribution in [0.25, 0.3) is 16.9 Å². The minimum Gasteiger partial charge on any atom is -0.351 e. The minimum absolute atomic E-state index is 0.464. The monoisotopic (exact) mass is 401 g/mol. The number of hydrogen-bond acceptors (Lipinski definition) is 4. The molecule has 0 aliphatic heterocycles. The third-order valence-corrected chi connectivity index (χ3v) is 5.32. The van der Waals surface area contributed by atoms with Gasteiger partial charge in [-0.05, 0) is 44.0 Å². The maximum atomic E-state index is 6.12. The van der Waals surface area contributed by atoms with Gasteiger partial charge in [-0.15, -0.1) is 0 Å². The fourth-order valence-corrected chi connectivity index (χ4v) is 4.04. The number of hydrogen-bond donors (Lipinski definition) is 1. The van der Waals surface area contributed by atoms with E-state index in [9.17, 15) is 0 Å². The van der Waals surface area contributed by atoms with Crippen LogP contribution in [0.15, 0.2) is 36.7 Å². The Hall–Kier alpha value is -2.11. The highest BCUT2D eigenvalue weighted by molar-refractivity contribution is 6.34. The van der Waals surface area contributed by atoms with Gasteiger partial charge in [0.2, 0.25) is 5.95 Å². The van der Waals surface area contributed by atoms with Crippen molar-refractivity contribution < 1.29 is 0 Å². The Morgan fingerprint density at radius 1 is 1.07 bits per heavy atom. The number of aromatic nitrogens is 4. The molecule has 1 N–H and O–H groups in total. The van der Waals surface area contributed by atoms with Crippen LogP contribution in [0.3, 0.4) is 0 Å². The summed E-state index contributed by atoms with van der Waals surface area (Å²) in [6, 6.07) is 7.74. The molecule has 1 fully saturated rings. The fourth-order valence-electron chi connectivity index (χ4n) is 3.52. The summed E-state index contributed by atoms with van der Waals surface area (Å²) in [5.74, 6) is 0.678. The third kappa shape index (κ3) is 4.25. The number of nitrogens with one attached hydrogen (secondary N) is 1. The number of aryl methyl sites for hydroxylation is 1. The highest BCUT2D eigenvalue weighted by Gasteiger charge is 2.16. The smallest absolute Gasteiger partial charge is 0.223 e. The number of nitrogens with zero attached hydrogens (tertiary/aromatic N) is 4. The molecule has 7 heteroatoms. The molecule has 27 heavy (non-hydrogen) atoms. The summed E-state index contributed by atoms with van der Waals surface area (Å²) in [6.45, 7) is 1.97. The normalized spacial score (nSPS) is 15.1. The van der Waals surface area contributed by atoms with Crippen molar-refractivity contribution in [3.8, 4) is 16.9 Å². The van der Waals surface area contributed by atoms with Crippen LogP contribution in [0.4, 0.5) is 5.95 Å². The van der Waals surface area contributed by atoms with E-state index in [1.807, 2.05) is 31.3 Å². The van der Waals surface area contributed by atoms with E-state index in [0.717, 1.165) is 22.6 Å². The van der Waals surface area contributed by atoms with E-state index in [-0.39, 0.29) is 0 Å². The lowest BCUT2D eigenvalue weighted by molar-refractivity contribution is 0.461. The second-order valence-electron chi connectivity index (χ2n) is 6.95. The van der Waals surface area contributed by atoms with E-state index in [4.69, 9.17) is 28.2 Å². The fraction of sp³-hybridized carbons (Fsp3) is 0.350. The number of anilines is 1. The van der Waals surface area contributed by atoms with Gasteiger partial charge in [-0.3, -0.25) is 0 Å². The zero-order valence-corrected chi connectivity index (χ0v) is 16.6. The van der Waals surface area contributed by atoms with E-state index >= 15 is 0 Å². The van der Waals surface area contributed by atoms with E-state index in [2.05, 4.69) is 15.4 Å². The zero-order chi connectivity index (χ0) is 18.8. The van der Waals surface area contributed by atoms with Crippen molar-refractivity contribution in [2.24, 2.45) is 0 Å². The average molecular weight is 402 g/mol. The van der Waals surface area contributed by atoms with Crippen molar-refractivity contribution in [1.82, 2.24) is 19.7 Å². The second-order valence-corrected chi connectivity index (χ2v) is 7.82. The lowest BCUT2D eigenvalue weighted by atomic mass is 9.96. The standard InChI is InChI=1S/C20H21Cl2N5/c1-13-18(12-27(26-13)17-10-14(21)9-15(22)11-17)19-7-8-23-20(25-19)24-16-5-3-2-4-6-16/h7-12,16H,2-6H2,1H3,(H,23,24,25). The topological polar surface area (TPSA) is 55.6 Å². The summed E-state index contributed by atoms with van der Waals surface area (Å²) < 4.78 is 1.78. The predicted molar refractivity (Wildman–Crippen MR) is 110 cm³/mol. The van der Waals surface area contributed by atoms with Crippen molar-refractivity contribution in [2.75, 3.05) is 5.32 Å². The van der Waals surface area contributed by atoms with Crippen LogP contribution in [0, 0.1) is 6.92 Å². The molecular formula is C20H21Cl2N5. The Morgan fingerprint density at radius 3 is 2.56 bits per heavy atom. The first-order valence-corrected chi connectivity index (χ1v) is 9.97. The van der Waals surface area contributed by atoms with Gasteiger partial charge in [0.15, 0.2) is 0 Å². The van der Waals surface area contributed by atoms with Crippen LogP contribution in [0.2, 0.25) is 10.0 Å². The molecule has 1 saturated carbocycles. The highest BCUT2D eigenvalue weighted by atomic mass is 35.5. The van der Waals surface area contributed by atoms with Gasteiger partial charge in [-0.25, -0.2) is 14.6 Å². The molecule has 1 aliphatic rings. The van der Waals surface area contributed by atoms with Crippen LogP contribution in [-0.2, 0) is 0 Å². The molecule has 4 rings (SSSR count). The molecule has 0 radical (unpaired) electrons. The molecule has 2 aromatic heterocycles. The lowest BCUT2D eigenvalue weighted by Gasteiger charge is -2.22. The van der Waals surface area contributed by atoms with Gasteiger partial charge in [0, 0.05) is 34.0 Å². The Bertz CT molecular complexity index is 927. The van der Waals surface area contributed by atoms with Gasteiger partial charge >= 0.3 is 0 Å². The summed E-state index contributed by atoms with van der Waals surface area (Å²) in [5, 5.41) is 9.24. The molecule has 0 bridgehead atoms. The van der Waals surface area contributed by atoms with Crippen LogP contribution in [-0.4, -0.2) is 25.8 Å². The molecule has 5 nitrogen and oxygen atoms in total. The van der Waals surface area contributed by atoms with E-state index < -0.39 is 0 Å². The molecule has 1 aliphatic carbocycles. The van der Waals surface area contributed by atoms with Gasteiger partial charge < -0.3 is 5.32 Å². The van der Waals surface area contributed by atoms with Crippen molar-refractivity contribution in [1.29, 1.82) is 0 Å². The second kappa shape index (κ2) is 7.87. The first kappa shape index (κ1) is 18.3. The Labute approximate surface area is 168 Å². The molecule has 0 spiro atoms. The lowest BCUT2D eigenvalue weighted by Crippen LogP contribution is -2.23. The maximum Gasteiger partial charge on any atom is 0.223 e. The summed E-state index contributed by atoms with van der Waals surface area (Å²) in [7, 11) is 0. The van der Waals surface area contributed by atoms with Crippen LogP contribution in [0.1, 0.15) is 37.8 Å². The van der Waals surface area contributed by atoms with Crippen molar-refractivity contribution >= 4 is 29.2 Å². The third-order valence-electron chi connectivity index (χ3n) is 4.88. The van der Waals surface area contributed by atoms with Crippen molar-refractivity contribution in [2.45, 2.75) is 45.1 Å². The SMILES string of the molecule is Cc1nn(-c2cc(Cl)cc(Cl)c2)cc1-c1ccnc(NC2CCCCC2)n1. The molecule has 0 atom stereocenters. The molecule has 140 valence electrons. The van der Waals surface area contributed by atoms with E-state index in [1.54, 1.807) is 16.9 Å². The zero-order valence-electron chi connectivity index (χ0n) is 15.1. The number of benzene rings is 1. The maximum absolute atomic E-state index is 6.12. The summed E-state index contributed by atoms with van der Waals surface area (Å²) in [5.41, 5.74) is 3.50. The summed E-state index contributed by atoms with van der Waals surface area (Å²) >= 11 is 12.2. The van der Waals surface area contributed by atoms with E-state index in [1.165, 1.54) is 32.1 Å². The van der Waals surface area contributed by atoms with E-state index in [0.29, 0.717) is 22.0 Å². The average Bonchev–Trinajstić information content (AvgIpc) is 3.04. The molecule has 0 saturated heterocycles. The van der Waals surface area contributed by atoms with Crippen LogP contribution in [0.5, 0.6) is 0 Å². The predicted octanol–water partition coefficient (Wildman–Crippen LogP) is 5.69. The summed E-state index contributed by atoms with van der Waals surface area (Å²) in [6.07, 6.45) is 9.96. The Kier molecular flexibility index (Phi) is 5.32. The minimum atomic E-state index is 0.464. The first-order valence-electron chi connectivity index (χ1n) is 9.21.